The molecule has 1 aromatic carbocycles. The van der Waals surface area contributed by atoms with E-state index in [0.717, 1.165) is 44.2 Å². The molecule has 1 atom stereocenters. The first-order chi connectivity index (χ1) is 15.6. The maximum absolute atomic E-state index is 12.6. The van der Waals surface area contributed by atoms with E-state index < -0.39 is 11.9 Å². The Morgan fingerprint density at radius 2 is 1.66 bits per heavy atom. The normalized spacial score (nSPS) is 11.5. The van der Waals surface area contributed by atoms with Gasteiger partial charge in [-0.2, -0.15) is 0 Å². The molecule has 0 saturated heterocycles. The molecule has 1 aromatic rings. The van der Waals surface area contributed by atoms with Crippen molar-refractivity contribution >= 4 is 23.9 Å². The predicted octanol–water partition coefficient (Wildman–Crippen LogP) is 0.252. The van der Waals surface area contributed by atoms with E-state index in [-0.39, 0.29) is 31.3 Å². The van der Waals surface area contributed by atoms with Crippen molar-refractivity contribution in [2.75, 3.05) is 33.2 Å². The molecule has 0 spiro atoms. The molecule has 0 radical (unpaired) electrons. The maximum Gasteiger partial charge on any atom is 0.239 e. The lowest BCUT2D eigenvalue weighted by molar-refractivity contribution is -0.127. The fourth-order valence-electron chi connectivity index (χ4n) is 3.08. The van der Waals surface area contributed by atoms with Crippen molar-refractivity contribution in [1.82, 2.24) is 26.8 Å². The van der Waals surface area contributed by atoms with Gasteiger partial charge in [0, 0.05) is 6.42 Å². The zero-order chi connectivity index (χ0) is 23.4. The number of Topliss-reactive ketones (excluding diaryl/α,β-unsaturated/α-hetero) is 1. The second-order valence-electron chi connectivity index (χ2n) is 7.59. The van der Waals surface area contributed by atoms with Crippen molar-refractivity contribution in [1.29, 1.82) is 0 Å². The number of carbonyl (C=O) groups excluding carboxylic acids is 4. The maximum atomic E-state index is 12.6. The molecule has 9 heteroatoms. The Morgan fingerprint density at radius 3 is 2.38 bits per heavy atom. The number of amides is 2. The van der Waals surface area contributed by atoms with Crippen LogP contribution in [0.1, 0.15) is 44.1 Å². The molecule has 0 bridgehead atoms. The fraction of sp³-hybridized carbons (Fsp3) is 0.565. The predicted molar refractivity (Wildman–Crippen MR) is 124 cm³/mol. The van der Waals surface area contributed by atoms with Gasteiger partial charge in [-0.05, 0) is 38.4 Å². The average molecular weight is 448 g/mol. The molecule has 178 valence electrons. The third-order valence-corrected chi connectivity index (χ3v) is 4.85. The molecule has 32 heavy (non-hydrogen) atoms. The fourth-order valence-corrected chi connectivity index (χ4v) is 3.08. The van der Waals surface area contributed by atoms with Gasteiger partial charge < -0.3 is 20.7 Å². The van der Waals surface area contributed by atoms with Crippen LogP contribution in [0, 0.1) is 0 Å². The minimum atomic E-state index is -0.670. The van der Waals surface area contributed by atoms with Crippen LogP contribution >= 0.6 is 0 Å². The van der Waals surface area contributed by atoms with Crippen LogP contribution in [0.2, 0.25) is 0 Å². The molecule has 1 rings (SSSR count). The Labute approximate surface area is 190 Å². The van der Waals surface area contributed by atoms with E-state index in [1.165, 1.54) is 0 Å². The molecule has 0 saturated carbocycles. The van der Waals surface area contributed by atoms with Gasteiger partial charge in [-0.3, -0.25) is 14.4 Å². The summed E-state index contributed by atoms with van der Waals surface area (Å²) in [6, 6.07) is 8.79. The van der Waals surface area contributed by atoms with Gasteiger partial charge >= 0.3 is 0 Å². The summed E-state index contributed by atoms with van der Waals surface area (Å²) in [6.07, 6.45) is 6.81. The highest BCUT2D eigenvalue weighted by Gasteiger charge is 2.19. The highest BCUT2D eigenvalue weighted by atomic mass is 16.2. The molecule has 0 aliphatic heterocycles. The molecule has 0 fully saturated rings. The summed E-state index contributed by atoms with van der Waals surface area (Å²) in [7, 11) is 1.94. The largest absolute Gasteiger partial charge is 0.348 e. The summed E-state index contributed by atoms with van der Waals surface area (Å²) in [5.74, 6) is -0.741. The van der Waals surface area contributed by atoms with Gasteiger partial charge in [-0.15, -0.1) is 0 Å². The number of hydrazine groups is 1. The van der Waals surface area contributed by atoms with Crippen molar-refractivity contribution in [2.45, 2.75) is 51.0 Å². The molecular weight excluding hydrogens is 410 g/mol. The molecule has 9 nitrogen and oxygen atoms in total. The van der Waals surface area contributed by atoms with Gasteiger partial charge in [0.05, 0.1) is 19.6 Å². The standard InChI is InChI=1S/C23H37N5O4/c1-24-13-9-4-2-3-8-12-20(30)17-27-28-21(16-19-10-6-5-7-11-19)23(32)26-18-22(31)25-14-15-29/h5-7,10-11,15,21,24,27-28H,2-4,8-9,12-14,16-18H2,1H3,(H,25,31)(H,26,32)/t21-/m0/s1. The van der Waals surface area contributed by atoms with Crippen LogP contribution in [0.4, 0.5) is 0 Å². The van der Waals surface area contributed by atoms with E-state index in [4.69, 9.17) is 0 Å². The number of rotatable bonds is 19. The molecule has 0 unspecified atom stereocenters. The smallest absolute Gasteiger partial charge is 0.239 e. The zero-order valence-electron chi connectivity index (χ0n) is 19.0. The first kappa shape index (κ1) is 27.4. The molecular formula is C23H37N5O4. The number of carbonyl (C=O) groups is 4. The van der Waals surface area contributed by atoms with Crippen LogP contribution in [0.5, 0.6) is 0 Å². The number of nitrogens with one attached hydrogen (secondary N) is 5. The van der Waals surface area contributed by atoms with Crippen LogP contribution in [0.15, 0.2) is 30.3 Å². The number of hydrogen-bond acceptors (Lipinski definition) is 7. The highest BCUT2D eigenvalue weighted by Crippen LogP contribution is 2.05. The Balaban J connectivity index is 2.40. The number of hydrogen-bond donors (Lipinski definition) is 5. The van der Waals surface area contributed by atoms with Crippen LogP contribution in [-0.2, 0) is 25.6 Å². The van der Waals surface area contributed by atoms with Crippen LogP contribution in [-0.4, -0.2) is 63.2 Å². The molecule has 5 N–H and O–H groups in total. The summed E-state index contributed by atoms with van der Waals surface area (Å²) < 4.78 is 0. The molecule has 2 amide bonds. The summed E-state index contributed by atoms with van der Waals surface area (Å²) in [6.45, 7) is 0.820. The van der Waals surface area contributed by atoms with Gasteiger partial charge in [-0.25, -0.2) is 10.9 Å². The number of benzene rings is 1. The summed E-state index contributed by atoms with van der Waals surface area (Å²) in [5.41, 5.74) is 6.72. The summed E-state index contributed by atoms with van der Waals surface area (Å²) in [4.78, 5) is 46.6. The second-order valence-corrected chi connectivity index (χ2v) is 7.59. The van der Waals surface area contributed by atoms with Gasteiger partial charge in [-0.1, -0.05) is 49.6 Å². The second kappa shape index (κ2) is 18.0. The zero-order valence-corrected chi connectivity index (χ0v) is 19.0. The van der Waals surface area contributed by atoms with E-state index in [1.807, 2.05) is 37.4 Å². The summed E-state index contributed by atoms with van der Waals surface area (Å²) >= 11 is 0. The van der Waals surface area contributed by atoms with E-state index in [0.29, 0.717) is 19.1 Å². The topological polar surface area (TPSA) is 128 Å². The first-order valence-corrected chi connectivity index (χ1v) is 11.2. The number of aldehydes is 1. The van der Waals surface area contributed by atoms with Crippen LogP contribution in [0.25, 0.3) is 0 Å². The lowest BCUT2D eigenvalue weighted by atomic mass is 10.1. The molecule has 0 aliphatic carbocycles. The van der Waals surface area contributed by atoms with E-state index in [9.17, 15) is 19.2 Å². The van der Waals surface area contributed by atoms with E-state index in [2.05, 4.69) is 26.8 Å². The Morgan fingerprint density at radius 1 is 0.938 bits per heavy atom. The minimum Gasteiger partial charge on any atom is -0.348 e. The van der Waals surface area contributed by atoms with Gasteiger partial charge in [0.1, 0.15) is 18.1 Å². The van der Waals surface area contributed by atoms with Gasteiger partial charge in [0.15, 0.2) is 0 Å². The first-order valence-electron chi connectivity index (χ1n) is 11.2. The van der Waals surface area contributed by atoms with Crippen molar-refractivity contribution in [3.05, 3.63) is 35.9 Å². The SMILES string of the molecule is CNCCCCCCCC(=O)CNN[C@@H](Cc1ccccc1)C(=O)NCC(=O)NCC=O. The van der Waals surface area contributed by atoms with Crippen molar-refractivity contribution in [2.24, 2.45) is 0 Å². The molecule has 0 aliphatic rings. The third kappa shape index (κ3) is 13.6. The average Bonchev–Trinajstić information content (AvgIpc) is 2.80. The third-order valence-electron chi connectivity index (χ3n) is 4.85. The van der Waals surface area contributed by atoms with Crippen molar-refractivity contribution in [3.8, 4) is 0 Å². The quantitative estimate of drug-likeness (QED) is 0.117. The minimum absolute atomic E-state index is 0.0832. The highest BCUT2D eigenvalue weighted by molar-refractivity contribution is 5.88. The van der Waals surface area contributed by atoms with Crippen LogP contribution in [0.3, 0.4) is 0 Å². The number of unbranched alkanes of at least 4 members (excludes halogenated alkanes) is 4. The lowest BCUT2D eigenvalue weighted by Crippen LogP contribution is -2.53. The summed E-state index contributed by atoms with van der Waals surface area (Å²) in [5, 5.41) is 8.04. The molecule has 0 heterocycles. The van der Waals surface area contributed by atoms with Crippen molar-refractivity contribution < 1.29 is 19.2 Å². The van der Waals surface area contributed by atoms with E-state index >= 15 is 0 Å². The monoisotopic (exact) mass is 447 g/mol. The lowest BCUT2D eigenvalue weighted by Gasteiger charge is -2.19. The Kier molecular flexibility index (Phi) is 15.4. The molecule has 0 aromatic heterocycles. The van der Waals surface area contributed by atoms with Gasteiger partial charge in [0.2, 0.25) is 11.8 Å². The van der Waals surface area contributed by atoms with E-state index in [1.54, 1.807) is 0 Å². The van der Waals surface area contributed by atoms with Crippen LogP contribution < -0.4 is 26.8 Å². The number of ketones is 1. The van der Waals surface area contributed by atoms with Gasteiger partial charge in [0.25, 0.3) is 0 Å². The Hall–Kier alpha value is -2.62. The van der Waals surface area contributed by atoms with Crippen molar-refractivity contribution in [3.63, 3.8) is 0 Å². The Bertz CT molecular complexity index is 684.